The topological polar surface area (TPSA) is 102 Å². The van der Waals surface area contributed by atoms with Crippen LogP contribution in [0.3, 0.4) is 0 Å². The van der Waals surface area contributed by atoms with Gasteiger partial charge in [-0.15, -0.1) is 0 Å². The maximum absolute atomic E-state index is 5.35. The van der Waals surface area contributed by atoms with Crippen molar-refractivity contribution in [1.82, 2.24) is 30.6 Å². The van der Waals surface area contributed by atoms with Crippen molar-refractivity contribution in [1.29, 1.82) is 0 Å². The van der Waals surface area contributed by atoms with E-state index in [2.05, 4.69) is 30.6 Å². The number of aromatic nitrogens is 5. The highest BCUT2D eigenvalue weighted by molar-refractivity contribution is 5.39. The van der Waals surface area contributed by atoms with E-state index < -0.39 is 0 Å². The Morgan fingerprint density at radius 1 is 1.47 bits per heavy atom. The van der Waals surface area contributed by atoms with Crippen LogP contribution in [0, 0.1) is 0 Å². The second kappa shape index (κ2) is 4.60. The van der Waals surface area contributed by atoms with E-state index in [9.17, 15) is 0 Å². The maximum atomic E-state index is 5.35. The van der Waals surface area contributed by atoms with Gasteiger partial charge in [-0.1, -0.05) is 5.16 Å². The van der Waals surface area contributed by atoms with Crippen LogP contribution in [0.1, 0.15) is 5.89 Å². The molecule has 1 saturated heterocycles. The van der Waals surface area contributed by atoms with Crippen molar-refractivity contribution in [2.45, 2.75) is 12.5 Å². The Morgan fingerprint density at radius 2 is 2.47 bits per heavy atom. The van der Waals surface area contributed by atoms with Crippen LogP contribution in [0.5, 0.6) is 0 Å². The molecule has 1 aliphatic rings. The highest BCUT2D eigenvalue weighted by atomic mass is 16.5. The summed E-state index contributed by atoms with van der Waals surface area (Å²) in [5.41, 5.74) is 0. The predicted molar refractivity (Wildman–Crippen MR) is 56.0 cm³/mol. The molecule has 90 valence electrons. The molecule has 3 rings (SSSR count). The zero-order valence-corrected chi connectivity index (χ0v) is 9.09. The Balaban J connectivity index is 1.68. The van der Waals surface area contributed by atoms with Gasteiger partial charge in [-0.05, 0) is 0 Å². The second-order valence-corrected chi connectivity index (χ2v) is 3.78. The quantitative estimate of drug-likeness (QED) is 0.732. The molecule has 1 atom stereocenters. The first kappa shape index (κ1) is 10.4. The number of H-pyrrole nitrogens is 1. The summed E-state index contributed by atoms with van der Waals surface area (Å²) in [5, 5.41) is 13.6. The van der Waals surface area contributed by atoms with Gasteiger partial charge in [0.25, 0.3) is 0 Å². The minimum atomic E-state index is 0.228. The molecule has 3 heterocycles. The zero-order chi connectivity index (χ0) is 11.5. The third kappa shape index (κ3) is 2.32. The van der Waals surface area contributed by atoms with E-state index in [0.29, 0.717) is 30.6 Å². The molecule has 1 fully saturated rings. The van der Waals surface area contributed by atoms with Crippen LogP contribution in [0.4, 0.5) is 0 Å². The Morgan fingerprint density at radius 3 is 3.24 bits per heavy atom. The number of nitrogens with one attached hydrogen (secondary N) is 2. The van der Waals surface area contributed by atoms with Crippen LogP contribution in [0.15, 0.2) is 10.9 Å². The SMILES string of the molecule is c1n[nH]c(-c2noc(CC3COCCN3)n2)n1. The Labute approximate surface area is 96.8 Å². The lowest BCUT2D eigenvalue weighted by molar-refractivity contribution is 0.0744. The van der Waals surface area contributed by atoms with E-state index in [1.807, 2.05) is 0 Å². The van der Waals surface area contributed by atoms with E-state index in [1.54, 1.807) is 0 Å². The van der Waals surface area contributed by atoms with Gasteiger partial charge in [-0.3, -0.25) is 5.10 Å². The highest BCUT2D eigenvalue weighted by Crippen LogP contribution is 2.10. The summed E-state index contributed by atoms with van der Waals surface area (Å²) in [6, 6.07) is 0.228. The van der Waals surface area contributed by atoms with Gasteiger partial charge in [0, 0.05) is 19.0 Å². The molecule has 8 nitrogen and oxygen atoms in total. The molecule has 0 spiro atoms. The van der Waals surface area contributed by atoms with E-state index >= 15 is 0 Å². The van der Waals surface area contributed by atoms with Gasteiger partial charge in [-0.25, -0.2) is 4.98 Å². The average molecular weight is 236 g/mol. The minimum Gasteiger partial charge on any atom is -0.378 e. The fourth-order valence-corrected chi connectivity index (χ4v) is 1.71. The van der Waals surface area contributed by atoms with Crippen LogP contribution in [0.2, 0.25) is 0 Å². The molecular weight excluding hydrogens is 224 g/mol. The molecule has 0 amide bonds. The molecule has 0 bridgehead atoms. The number of morpholine rings is 1. The molecule has 1 aliphatic heterocycles. The van der Waals surface area contributed by atoms with E-state index in [4.69, 9.17) is 9.26 Å². The maximum Gasteiger partial charge on any atom is 0.239 e. The average Bonchev–Trinajstić information content (AvgIpc) is 3.00. The van der Waals surface area contributed by atoms with Crippen molar-refractivity contribution in [2.75, 3.05) is 19.8 Å². The van der Waals surface area contributed by atoms with E-state index in [-0.39, 0.29) is 6.04 Å². The summed E-state index contributed by atoms with van der Waals surface area (Å²) in [7, 11) is 0. The molecule has 0 radical (unpaired) electrons. The normalized spacial score (nSPS) is 20.6. The minimum absolute atomic E-state index is 0.228. The monoisotopic (exact) mass is 236 g/mol. The van der Waals surface area contributed by atoms with E-state index in [0.717, 1.165) is 13.2 Å². The molecule has 0 aromatic carbocycles. The molecule has 2 N–H and O–H groups in total. The van der Waals surface area contributed by atoms with Gasteiger partial charge in [0.2, 0.25) is 11.7 Å². The summed E-state index contributed by atoms with van der Waals surface area (Å²) < 4.78 is 10.5. The number of nitrogens with zero attached hydrogens (tertiary/aromatic N) is 4. The number of hydrogen-bond acceptors (Lipinski definition) is 7. The molecule has 8 heteroatoms. The number of hydrogen-bond donors (Lipinski definition) is 2. The van der Waals surface area contributed by atoms with Gasteiger partial charge in [0.1, 0.15) is 6.33 Å². The van der Waals surface area contributed by atoms with Gasteiger partial charge in [0.15, 0.2) is 5.82 Å². The van der Waals surface area contributed by atoms with Gasteiger partial charge < -0.3 is 14.6 Å². The largest absolute Gasteiger partial charge is 0.378 e. The van der Waals surface area contributed by atoms with Crippen molar-refractivity contribution in [3.05, 3.63) is 12.2 Å². The van der Waals surface area contributed by atoms with Crippen molar-refractivity contribution >= 4 is 0 Å². The fourth-order valence-electron chi connectivity index (χ4n) is 1.71. The number of rotatable bonds is 3. The molecule has 1 unspecified atom stereocenters. The summed E-state index contributed by atoms with van der Waals surface area (Å²) >= 11 is 0. The van der Waals surface area contributed by atoms with Crippen molar-refractivity contribution in [3.63, 3.8) is 0 Å². The summed E-state index contributed by atoms with van der Waals surface area (Å²) in [4.78, 5) is 8.19. The van der Waals surface area contributed by atoms with Crippen LogP contribution in [-0.4, -0.2) is 51.1 Å². The van der Waals surface area contributed by atoms with Gasteiger partial charge in [0.05, 0.1) is 13.2 Å². The highest BCUT2D eigenvalue weighted by Gasteiger charge is 2.18. The Bertz CT molecular complexity index is 462. The second-order valence-electron chi connectivity index (χ2n) is 3.78. The first-order valence-corrected chi connectivity index (χ1v) is 5.41. The van der Waals surface area contributed by atoms with E-state index in [1.165, 1.54) is 6.33 Å². The summed E-state index contributed by atoms with van der Waals surface area (Å²) in [5.74, 6) is 1.50. The van der Waals surface area contributed by atoms with Crippen LogP contribution >= 0.6 is 0 Å². The van der Waals surface area contributed by atoms with Crippen LogP contribution in [-0.2, 0) is 11.2 Å². The van der Waals surface area contributed by atoms with Crippen LogP contribution in [0.25, 0.3) is 11.6 Å². The molecule has 17 heavy (non-hydrogen) atoms. The standard InChI is InChI=1S/C9H12N6O2/c1-2-16-4-6(10-1)3-7-13-9(15-17-7)8-11-5-12-14-8/h5-6,10H,1-4H2,(H,11,12,14). The number of ether oxygens (including phenoxy) is 1. The fraction of sp³-hybridized carbons (Fsp3) is 0.556. The van der Waals surface area contributed by atoms with Gasteiger partial charge in [-0.2, -0.15) is 10.1 Å². The summed E-state index contributed by atoms with van der Waals surface area (Å²) in [6.07, 6.45) is 2.06. The third-order valence-corrected chi connectivity index (χ3v) is 2.51. The lowest BCUT2D eigenvalue weighted by atomic mass is 10.2. The third-order valence-electron chi connectivity index (χ3n) is 2.51. The zero-order valence-electron chi connectivity index (χ0n) is 9.09. The number of aromatic amines is 1. The lowest BCUT2D eigenvalue weighted by Gasteiger charge is -2.22. The first-order valence-electron chi connectivity index (χ1n) is 5.41. The lowest BCUT2D eigenvalue weighted by Crippen LogP contribution is -2.42. The molecular formula is C9H12N6O2. The van der Waals surface area contributed by atoms with Crippen molar-refractivity contribution in [3.8, 4) is 11.6 Å². The smallest absolute Gasteiger partial charge is 0.239 e. The molecule has 0 saturated carbocycles. The summed E-state index contributed by atoms with van der Waals surface area (Å²) in [6.45, 7) is 2.28. The van der Waals surface area contributed by atoms with Crippen LogP contribution < -0.4 is 5.32 Å². The predicted octanol–water partition coefficient (Wildman–Crippen LogP) is -0.614. The Kier molecular flexibility index (Phi) is 2.80. The van der Waals surface area contributed by atoms with Crippen molar-refractivity contribution in [2.24, 2.45) is 0 Å². The van der Waals surface area contributed by atoms with Gasteiger partial charge >= 0.3 is 0 Å². The Hall–Kier alpha value is -1.80. The molecule has 2 aromatic heterocycles. The first-order chi connectivity index (χ1) is 8.42. The molecule has 2 aromatic rings. The van der Waals surface area contributed by atoms with Crippen molar-refractivity contribution < 1.29 is 9.26 Å². The molecule has 0 aliphatic carbocycles.